The van der Waals surface area contributed by atoms with Gasteiger partial charge in [0, 0.05) is 12.8 Å². The lowest BCUT2D eigenvalue weighted by Crippen LogP contribution is -2.37. The Morgan fingerprint density at radius 2 is 0.731 bits per heavy atom. The van der Waals surface area contributed by atoms with E-state index in [1.807, 2.05) is 21.1 Å². The first-order chi connectivity index (χ1) is 38.0. The van der Waals surface area contributed by atoms with E-state index < -0.39 is 32.5 Å². The zero-order valence-corrected chi connectivity index (χ0v) is 52.0. The number of likely N-dealkylation sites (N-methyl/N-ethyl adjacent to an activating group) is 1. The topological polar surface area (TPSA) is 111 Å². The molecule has 0 aromatic heterocycles. The van der Waals surface area contributed by atoms with Gasteiger partial charge in [0.25, 0.3) is 7.82 Å². The molecule has 0 N–H and O–H groups in total. The highest BCUT2D eigenvalue weighted by Gasteiger charge is 2.22. The number of quaternary nitrogens is 1. The number of allylic oxidation sites excluding steroid dienone is 16. The van der Waals surface area contributed by atoms with Crippen LogP contribution >= 0.6 is 7.82 Å². The lowest BCUT2D eigenvalue weighted by molar-refractivity contribution is -0.870. The third-order valence-electron chi connectivity index (χ3n) is 13.6. The Morgan fingerprint density at radius 1 is 0.410 bits per heavy atom. The van der Waals surface area contributed by atoms with Crippen LogP contribution in [0, 0.1) is 0 Å². The van der Waals surface area contributed by atoms with Gasteiger partial charge in [0.15, 0.2) is 6.10 Å². The van der Waals surface area contributed by atoms with Crippen LogP contribution in [-0.4, -0.2) is 70.0 Å². The quantitative estimate of drug-likeness (QED) is 0.0195. The van der Waals surface area contributed by atoms with Gasteiger partial charge in [-0.05, 0) is 96.3 Å². The maximum absolute atomic E-state index is 12.8. The Hall–Kier alpha value is -3.07. The molecule has 9 nitrogen and oxygen atoms in total. The standard InChI is InChI=1S/C68H120NO8P/c1-6-8-10-12-14-16-18-20-22-24-26-28-29-30-31-32-33-34-35-36-37-38-39-41-43-45-47-49-51-53-55-57-59-61-68(71)77-66(65-76-78(72,73)75-63-62-69(3,4)5)64-74-67(70)60-58-56-54-52-50-48-46-44-42-40-27-25-23-21-19-17-15-13-11-9-7-2/h8,10,14,16,19-22,25-28,30-31,42,44,66H,6-7,9,11-13,15,17-18,23-24,29,32-41,43,45-65H2,1-5H3/b10-8-,16-14-,21-19-,22-20-,27-25-,28-26-,31-30-,44-42-. The molecule has 0 saturated carbocycles. The Balaban J connectivity index is 4.09. The predicted molar refractivity (Wildman–Crippen MR) is 332 cm³/mol. The molecule has 0 bridgehead atoms. The second-order valence-electron chi connectivity index (χ2n) is 22.4. The van der Waals surface area contributed by atoms with E-state index in [-0.39, 0.29) is 26.1 Å². The predicted octanol–water partition coefficient (Wildman–Crippen LogP) is 19.7. The number of nitrogens with zero attached hydrogens (tertiary/aromatic N) is 1. The van der Waals surface area contributed by atoms with E-state index in [0.717, 1.165) is 89.9 Å². The van der Waals surface area contributed by atoms with Crippen molar-refractivity contribution in [1.29, 1.82) is 0 Å². The number of carbonyl (C=O) groups excluding carboxylic acids is 2. The summed E-state index contributed by atoms with van der Waals surface area (Å²) in [5.74, 6) is -0.844. The van der Waals surface area contributed by atoms with Crippen molar-refractivity contribution in [3.8, 4) is 0 Å². The monoisotopic (exact) mass is 1110 g/mol. The molecule has 2 unspecified atom stereocenters. The summed E-state index contributed by atoms with van der Waals surface area (Å²) in [5, 5.41) is 0. The summed E-state index contributed by atoms with van der Waals surface area (Å²) in [6.45, 7) is 4.12. The Morgan fingerprint density at radius 3 is 1.09 bits per heavy atom. The molecule has 78 heavy (non-hydrogen) atoms. The molecule has 0 spiro atoms. The SMILES string of the molecule is CC/C=C\C/C=C\C/C=C\C/C=C\C/C=C\CCCCCCCCCCCCCCCCCCCC(=O)OC(COC(=O)CCCCCCCC/C=C\C/C=C\C/C=C\CCCCCCC)COP(=O)([O-])OCC[N+](C)(C)C. The van der Waals surface area contributed by atoms with Crippen LogP contribution in [-0.2, 0) is 32.7 Å². The van der Waals surface area contributed by atoms with Crippen LogP contribution in [0.25, 0.3) is 0 Å². The minimum Gasteiger partial charge on any atom is -0.756 e. The molecule has 0 aliphatic rings. The summed E-state index contributed by atoms with van der Waals surface area (Å²) in [6, 6.07) is 0. The van der Waals surface area contributed by atoms with Crippen molar-refractivity contribution in [2.75, 3.05) is 47.5 Å². The van der Waals surface area contributed by atoms with Crippen LogP contribution in [0.5, 0.6) is 0 Å². The van der Waals surface area contributed by atoms with E-state index in [9.17, 15) is 19.0 Å². The van der Waals surface area contributed by atoms with Gasteiger partial charge in [-0.25, -0.2) is 0 Å². The number of esters is 2. The summed E-state index contributed by atoms with van der Waals surface area (Å²) < 4.78 is 34.2. The molecule has 0 fully saturated rings. The van der Waals surface area contributed by atoms with Crippen molar-refractivity contribution in [2.24, 2.45) is 0 Å². The Labute approximate surface area is 481 Å². The van der Waals surface area contributed by atoms with E-state index in [4.69, 9.17) is 18.5 Å². The highest BCUT2D eigenvalue weighted by atomic mass is 31.2. The summed E-state index contributed by atoms with van der Waals surface area (Å²) in [7, 11) is 1.16. The van der Waals surface area contributed by atoms with Gasteiger partial charge in [0.2, 0.25) is 0 Å². The molecule has 2 atom stereocenters. The highest BCUT2D eigenvalue weighted by molar-refractivity contribution is 7.45. The average molecular weight is 1110 g/mol. The number of rotatable bonds is 58. The van der Waals surface area contributed by atoms with E-state index >= 15 is 0 Å². The average Bonchev–Trinajstić information content (AvgIpc) is 3.41. The van der Waals surface area contributed by atoms with Gasteiger partial charge in [0.05, 0.1) is 27.7 Å². The van der Waals surface area contributed by atoms with Gasteiger partial charge in [-0.3, -0.25) is 14.2 Å². The van der Waals surface area contributed by atoms with Gasteiger partial charge in [-0.1, -0.05) is 259 Å². The lowest BCUT2D eigenvalue weighted by atomic mass is 10.0. The first-order valence-corrected chi connectivity index (χ1v) is 33.4. The van der Waals surface area contributed by atoms with Crippen LogP contribution in [0.4, 0.5) is 0 Å². The minimum absolute atomic E-state index is 0.0360. The Kier molecular flexibility index (Phi) is 56.3. The fraction of sp³-hybridized carbons (Fsp3) is 0.735. The number of hydrogen-bond donors (Lipinski definition) is 0. The van der Waals surface area contributed by atoms with Gasteiger partial charge < -0.3 is 27.9 Å². The van der Waals surface area contributed by atoms with E-state index in [2.05, 4.69) is 111 Å². The van der Waals surface area contributed by atoms with Crippen molar-refractivity contribution < 1.29 is 42.1 Å². The molecular formula is C68H120NO8P. The number of carbonyl (C=O) groups is 2. The number of unbranched alkanes of at least 4 members (excludes halogenated alkanes) is 28. The number of phosphoric ester groups is 1. The van der Waals surface area contributed by atoms with E-state index in [1.54, 1.807) is 0 Å². The van der Waals surface area contributed by atoms with Crippen molar-refractivity contribution >= 4 is 19.8 Å². The van der Waals surface area contributed by atoms with Gasteiger partial charge in [-0.15, -0.1) is 0 Å². The third-order valence-corrected chi connectivity index (χ3v) is 14.6. The molecule has 0 aromatic rings. The fourth-order valence-corrected chi connectivity index (χ4v) is 9.42. The van der Waals surface area contributed by atoms with Crippen LogP contribution in [0.3, 0.4) is 0 Å². The first kappa shape index (κ1) is 74.9. The maximum Gasteiger partial charge on any atom is 0.306 e. The molecule has 0 heterocycles. The zero-order valence-electron chi connectivity index (χ0n) is 51.1. The molecule has 0 aliphatic heterocycles. The summed E-state index contributed by atoms with van der Waals surface area (Å²) >= 11 is 0. The van der Waals surface area contributed by atoms with Gasteiger partial charge >= 0.3 is 11.9 Å². The van der Waals surface area contributed by atoms with Crippen molar-refractivity contribution in [1.82, 2.24) is 0 Å². The molecular weight excluding hydrogens is 990 g/mol. The highest BCUT2D eigenvalue weighted by Crippen LogP contribution is 2.38. The van der Waals surface area contributed by atoms with Gasteiger partial charge in [-0.2, -0.15) is 0 Å². The summed E-state index contributed by atoms with van der Waals surface area (Å²) in [4.78, 5) is 38.0. The van der Waals surface area contributed by atoms with Crippen molar-refractivity contribution in [3.63, 3.8) is 0 Å². The molecule has 0 aliphatic carbocycles. The van der Waals surface area contributed by atoms with Crippen molar-refractivity contribution in [2.45, 2.75) is 277 Å². The normalized spacial score (nSPS) is 13.9. The summed E-state index contributed by atoms with van der Waals surface area (Å²) in [5.41, 5.74) is 0. The first-order valence-electron chi connectivity index (χ1n) is 31.9. The fourth-order valence-electron chi connectivity index (χ4n) is 8.69. The third kappa shape index (κ3) is 62.1. The van der Waals surface area contributed by atoms with E-state index in [0.29, 0.717) is 23.9 Å². The second-order valence-corrected chi connectivity index (χ2v) is 23.8. The maximum atomic E-state index is 12.8. The summed E-state index contributed by atoms with van der Waals surface area (Å²) in [6.07, 6.45) is 80.4. The second kappa shape index (κ2) is 58.6. The van der Waals surface area contributed by atoms with Crippen LogP contribution in [0.1, 0.15) is 271 Å². The number of phosphoric acid groups is 1. The minimum atomic E-state index is -4.65. The van der Waals surface area contributed by atoms with Crippen LogP contribution in [0.15, 0.2) is 97.2 Å². The molecule has 0 amide bonds. The van der Waals surface area contributed by atoms with Crippen molar-refractivity contribution in [3.05, 3.63) is 97.2 Å². The largest absolute Gasteiger partial charge is 0.756 e. The molecule has 0 saturated heterocycles. The van der Waals surface area contributed by atoms with E-state index in [1.165, 1.54) is 141 Å². The van der Waals surface area contributed by atoms with Gasteiger partial charge in [0.1, 0.15) is 19.8 Å². The van der Waals surface area contributed by atoms with Crippen LogP contribution in [0.2, 0.25) is 0 Å². The molecule has 0 radical (unpaired) electrons. The smallest absolute Gasteiger partial charge is 0.306 e. The molecule has 0 rings (SSSR count). The van der Waals surface area contributed by atoms with Crippen LogP contribution < -0.4 is 4.89 Å². The molecule has 10 heteroatoms. The number of hydrogen-bond acceptors (Lipinski definition) is 8. The zero-order chi connectivity index (χ0) is 57.0. The molecule has 0 aromatic carbocycles. The molecule has 450 valence electrons. The Bertz CT molecular complexity index is 1640. The number of ether oxygens (including phenoxy) is 2. The lowest BCUT2D eigenvalue weighted by Gasteiger charge is -2.28.